The van der Waals surface area contributed by atoms with Crippen molar-refractivity contribution in [2.45, 2.75) is 50.3 Å². The molecule has 3 unspecified atom stereocenters. The van der Waals surface area contributed by atoms with Gasteiger partial charge in [-0.15, -0.1) is 0 Å². The Morgan fingerprint density at radius 2 is 2.05 bits per heavy atom. The van der Waals surface area contributed by atoms with Crippen molar-refractivity contribution in [3.05, 3.63) is 0 Å². The summed E-state index contributed by atoms with van der Waals surface area (Å²) < 4.78 is 5.64. The zero-order valence-electron chi connectivity index (χ0n) is 12.3. The molecule has 0 radical (unpaired) electrons. The van der Waals surface area contributed by atoms with Gasteiger partial charge in [-0.2, -0.15) is 0 Å². The lowest BCUT2D eigenvalue weighted by molar-refractivity contribution is 0.109. The molecular weight excluding hydrogens is 238 g/mol. The highest BCUT2D eigenvalue weighted by molar-refractivity contribution is 4.91. The molecule has 110 valence electrons. The minimum Gasteiger partial charge on any atom is -0.377 e. The van der Waals surface area contributed by atoms with E-state index in [4.69, 9.17) is 4.74 Å². The first-order valence-corrected chi connectivity index (χ1v) is 8.09. The molecule has 3 rings (SSSR count). The Morgan fingerprint density at radius 3 is 2.89 bits per heavy atom. The first-order chi connectivity index (χ1) is 9.33. The van der Waals surface area contributed by atoms with Crippen LogP contribution in [0.3, 0.4) is 0 Å². The molecule has 4 nitrogen and oxygen atoms in total. The van der Waals surface area contributed by atoms with Crippen LogP contribution in [0.1, 0.15) is 32.1 Å². The molecule has 0 aliphatic carbocycles. The fraction of sp³-hybridized carbons (Fsp3) is 1.00. The Hall–Kier alpha value is -0.160. The molecule has 3 aliphatic heterocycles. The first kappa shape index (κ1) is 13.8. The molecule has 0 aromatic heterocycles. The van der Waals surface area contributed by atoms with Gasteiger partial charge in [0.05, 0.1) is 6.10 Å². The van der Waals surface area contributed by atoms with E-state index in [-0.39, 0.29) is 0 Å². The molecule has 0 aromatic carbocycles. The summed E-state index contributed by atoms with van der Waals surface area (Å²) in [5.74, 6) is 0. The first-order valence-electron chi connectivity index (χ1n) is 8.09. The van der Waals surface area contributed by atoms with Crippen molar-refractivity contribution in [2.75, 3.05) is 46.4 Å². The van der Waals surface area contributed by atoms with Gasteiger partial charge in [-0.25, -0.2) is 0 Å². The van der Waals surface area contributed by atoms with Crippen molar-refractivity contribution in [3.8, 4) is 0 Å². The van der Waals surface area contributed by atoms with E-state index in [1.807, 2.05) is 0 Å². The number of nitrogens with zero attached hydrogens (tertiary/aromatic N) is 2. The molecule has 0 aromatic rings. The van der Waals surface area contributed by atoms with Crippen LogP contribution >= 0.6 is 0 Å². The average molecular weight is 267 g/mol. The number of nitrogens with one attached hydrogen (secondary N) is 1. The molecule has 0 saturated carbocycles. The zero-order chi connectivity index (χ0) is 13.1. The molecule has 3 atom stereocenters. The Kier molecular flexibility index (Phi) is 4.74. The molecule has 0 spiro atoms. The monoisotopic (exact) mass is 267 g/mol. The quantitative estimate of drug-likeness (QED) is 0.750. The topological polar surface area (TPSA) is 27.7 Å². The highest BCUT2D eigenvalue weighted by atomic mass is 16.5. The lowest BCUT2D eigenvalue weighted by atomic mass is 10.1. The van der Waals surface area contributed by atoms with Crippen LogP contribution in [0.5, 0.6) is 0 Å². The van der Waals surface area contributed by atoms with Gasteiger partial charge < -0.3 is 15.0 Å². The highest BCUT2D eigenvalue weighted by Gasteiger charge is 2.34. The predicted octanol–water partition coefficient (Wildman–Crippen LogP) is 0.923. The average Bonchev–Trinajstić information content (AvgIpc) is 2.97. The zero-order valence-corrected chi connectivity index (χ0v) is 12.3. The van der Waals surface area contributed by atoms with Gasteiger partial charge in [0.2, 0.25) is 0 Å². The second-order valence-electron chi connectivity index (χ2n) is 6.48. The third kappa shape index (κ3) is 3.48. The lowest BCUT2D eigenvalue weighted by Crippen LogP contribution is -2.40. The van der Waals surface area contributed by atoms with Gasteiger partial charge in [0.25, 0.3) is 0 Å². The van der Waals surface area contributed by atoms with Crippen LogP contribution in [0.4, 0.5) is 0 Å². The Morgan fingerprint density at radius 1 is 1.16 bits per heavy atom. The van der Waals surface area contributed by atoms with Crippen molar-refractivity contribution in [2.24, 2.45) is 0 Å². The summed E-state index contributed by atoms with van der Waals surface area (Å²) in [6.45, 7) is 6.88. The Balaban J connectivity index is 1.34. The van der Waals surface area contributed by atoms with E-state index in [0.717, 1.165) is 31.8 Å². The van der Waals surface area contributed by atoms with Crippen LogP contribution in [-0.4, -0.2) is 74.4 Å². The summed E-state index contributed by atoms with van der Waals surface area (Å²) in [6, 6.07) is 1.67. The minimum atomic E-state index is 0.478. The van der Waals surface area contributed by atoms with Crippen molar-refractivity contribution >= 4 is 0 Å². The van der Waals surface area contributed by atoms with E-state index in [1.54, 1.807) is 0 Å². The van der Waals surface area contributed by atoms with E-state index in [1.165, 1.54) is 51.7 Å². The van der Waals surface area contributed by atoms with Crippen molar-refractivity contribution < 1.29 is 4.74 Å². The smallest absolute Gasteiger partial charge is 0.0700 e. The fourth-order valence-electron chi connectivity index (χ4n) is 3.89. The number of likely N-dealkylation sites (tertiary alicyclic amines) is 1. The summed E-state index contributed by atoms with van der Waals surface area (Å²) in [7, 11) is 2.32. The van der Waals surface area contributed by atoms with Gasteiger partial charge in [0, 0.05) is 44.9 Å². The predicted molar refractivity (Wildman–Crippen MR) is 77.5 cm³/mol. The second-order valence-corrected chi connectivity index (χ2v) is 6.48. The largest absolute Gasteiger partial charge is 0.377 e. The van der Waals surface area contributed by atoms with E-state index in [2.05, 4.69) is 22.2 Å². The summed E-state index contributed by atoms with van der Waals surface area (Å²) in [6.07, 6.45) is 7.15. The van der Waals surface area contributed by atoms with Crippen LogP contribution in [0.15, 0.2) is 0 Å². The molecule has 4 heteroatoms. The normalized spacial score (nSPS) is 36.8. The molecule has 3 saturated heterocycles. The number of ether oxygens (including phenoxy) is 1. The number of hydrogen-bond donors (Lipinski definition) is 1. The van der Waals surface area contributed by atoms with Gasteiger partial charge in [-0.3, -0.25) is 4.90 Å². The van der Waals surface area contributed by atoms with Gasteiger partial charge in [-0.05, 0) is 45.7 Å². The summed E-state index contributed by atoms with van der Waals surface area (Å²) >= 11 is 0. The molecule has 19 heavy (non-hydrogen) atoms. The van der Waals surface area contributed by atoms with Crippen molar-refractivity contribution in [3.63, 3.8) is 0 Å². The van der Waals surface area contributed by atoms with Crippen molar-refractivity contribution in [1.82, 2.24) is 15.1 Å². The Bertz CT molecular complexity index is 281. The second kappa shape index (κ2) is 6.53. The Labute approximate surface area is 117 Å². The molecule has 3 fully saturated rings. The molecule has 3 aliphatic rings. The van der Waals surface area contributed by atoms with E-state index in [9.17, 15) is 0 Å². The SMILES string of the molecule is CN1C2CCC1CN(CCNCC1CCCO1)CC2. The lowest BCUT2D eigenvalue weighted by Gasteiger charge is -2.25. The van der Waals surface area contributed by atoms with E-state index in [0.29, 0.717) is 6.10 Å². The van der Waals surface area contributed by atoms with Crippen LogP contribution in [-0.2, 0) is 4.74 Å². The maximum absolute atomic E-state index is 5.64. The van der Waals surface area contributed by atoms with E-state index >= 15 is 0 Å². The maximum Gasteiger partial charge on any atom is 0.0700 e. The highest BCUT2D eigenvalue weighted by Crippen LogP contribution is 2.28. The van der Waals surface area contributed by atoms with Crippen LogP contribution in [0.2, 0.25) is 0 Å². The van der Waals surface area contributed by atoms with Gasteiger partial charge in [0.15, 0.2) is 0 Å². The third-order valence-corrected chi connectivity index (χ3v) is 5.23. The van der Waals surface area contributed by atoms with E-state index < -0.39 is 0 Å². The van der Waals surface area contributed by atoms with Gasteiger partial charge in [-0.1, -0.05) is 0 Å². The number of likely N-dealkylation sites (N-methyl/N-ethyl adjacent to an activating group) is 1. The molecule has 0 amide bonds. The molecular formula is C15H29N3O. The maximum atomic E-state index is 5.64. The molecule has 1 N–H and O–H groups in total. The van der Waals surface area contributed by atoms with Crippen LogP contribution in [0, 0.1) is 0 Å². The van der Waals surface area contributed by atoms with Gasteiger partial charge in [0.1, 0.15) is 0 Å². The number of hydrogen-bond acceptors (Lipinski definition) is 4. The minimum absolute atomic E-state index is 0.478. The fourth-order valence-corrected chi connectivity index (χ4v) is 3.89. The van der Waals surface area contributed by atoms with Crippen LogP contribution < -0.4 is 5.32 Å². The molecule has 2 bridgehead atoms. The van der Waals surface area contributed by atoms with Gasteiger partial charge >= 0.3 is 0 Å². The van der Waals surface area contributed by atoms with Crippen molar-refractivity contribution in [1.29, 1.82) is 0 Å². The third-order valence-electron chi connectivity index (χ3n) is 5.23. The standard InChI is InChI=1S/C15H29N3O/c1-17-13-4-5-14(17)12-18(8-6-13)9-7-16-11-15-3-2-10-19-15/h13-16H,2-12H2,1H3. The summed E-state index contributed by atoms with van der Waals surface area (Å²) in [4.78, 5) is 5.28. The summed E-state index contributed by atoms with van der Waals surface area (Å²) in [5, 5.41) is 3.57. The number of fused-ring (bicyclic) bond motifs is 2. The summed E-state index contributed by atoms with van der Waals surface area (Å²) in [5.41, 5.74) is 0. The number of rotatable bonds is 5. The van der Waals surface area contributed by atoms with Crippen LogP contribution in [0.25, 0.3) is 0 Å². The molecule has 3 heterocycles.